The molecule has 1 heterocycles. The van der Waals surface area contributed by atoms with Crippen LogP contribution in [0.3, 0.4) is 0 Å². The second-order valence-corrected chi connectivity index (χ2v) is 10.3. The van der Waals surface area contributed by atoms with Crippen molar-refractivity contribution in [2.45, 2.75) is 82.1 Å². The van der Waals surface area contributed by atoms with Gasteiger partial charge in [-0.15, -0.1) is 0 Å². The van der Waals surface area contributed by atoms with Crippen LogP contribution >= 0.6 is 7.92 Å². The summed E-state index contributed by atoms with van der Waals surface area (Å²) in [6, 6.07) is 6.20. The van der Waals surface area contributed by atoms with Crippen LogP contribution < -0.4 is 5.32 Å². The first-order valence-electron chi connectivity index (χ1n) is 9.80. The molecule has 23 heavy (non-hydrogen) atoms. The third-order valence-corrected chi connectivity index (χ3v) is 9.32. The van der Waals surface area contributed by atoms with Crippen molar-refractivity contribution in [1.82, 2.24) is 10.3 Å². The number of nitrogens with one attached hydrogen (secondary N) is 1. The quantitative estimate of drug-likeness (QED) is 0.540. The zero-order valence-electron chi connectivity index (χ0n) is 14.6. The Bertz CT molecular complexity index is 407. The Morgan fingerprint density at radius 2 is 1.57 bits per heavy atom. The molecule has 1 aromatic heterocycles. The zero-order chi connectivity index (χ0) is 15.7. The molecule has 3 heteroatoms. The Hall–Kier alpha value is -0.460. The van der Waals surface area contributed by atoms with E-state index in [-0.39, 0.29) is 7.92 Å². The van der Waals surface area contributed by atoms with Crippen LogP contribution in [0.4, 0.5) is 0 Å². The lowest BCUT2D eigenvalue weighted by Crippen LogP contribution is -2.26. The van der Waals surface area contributed by atoms with E-state index in [0.29, 0.717) is 0 Å². The van der Waals surface area contributed by atoms with Crippen molar-refractivity contribution < 1.29 is 0 Å². The molecule has 0 aromatic carbocycles. The van der Waals surface area contributed by atoms with Gasteiger partial charge in [0.25, 0.3) is 0 Å². The molecule has 0 radical (unpaired) electrons. The van der Waals surface area contributed by atoms with Crippen molar-refractivity contribution in [2.75, 3.05) is 12.7 Å². The van der Waals surface area contributed by atoms with Crippen molar-refractivity contribution in [3.8, 4) is 0 Å². The summed E-state index contributed by atoms with van der Waals surface area (Å²) in [5.41, 5.74) is 3.34. The van der Waals surface area contributed by atoms with Crippen LogP contribution in [0.15, 0.2) is 24.4 Å². The maximum Gasteiger partial charge on any atom is 0.0541 e. The molecule has 3 rings (SSSR count). The zero-order valence-corrected chi connectivity index (χ0v) is 15.4. The van der Waals surface area contributed by atoms with Gasteiger partial charge in [-0.3, -0.25) is 4.98 Å². The number of rotatable bonds is 7. The number of hydrogen-bond acceptors (Lipinski definition) is 2. The fraction of sp³-hybridized carbons (Fsp3) is 0.750. The van der Waals surface area contributed by atoms with Crippen LogP contribution in [0, 0.1) is 0 Å². The molecule has 0 unspecified atom stereocenters. The first kappa shape index (κ1) is 17.4. The van der Waals surface area contributed by atoms with E-state index in [1.54, 1.807) is 0 Å². The van der Waals surface area contributed by atoms with Gasteiger partial charge in [0.05, 0.1) is 5.69 Å². The topological polar surface area (TPSA) is 24.9 Å². The highest BCUT2D eigenvalue weighted by atomic mass is 31.1. The summed E-state index contributed by atoms with van der Waals surface area (Å²) >= 11 is 0. The average molecular weight is 332 g/mol. The average Bonchev–Trinajstić information content (AvgIpc) is 2.64. The van der Waals surface area contributed by atoms with Gasteiger partial charge in [0.2, 0.25) is 0 Å². The summed E-state index contributed by atoms with van der Waals surface area (Å²) in [5, 5.41) is 3.66. The molecule has 2 aliphatic rings. The SMILES string of the molecule is c1ccc(CNCCP(C2CCCCC2)C2CCCCC2)nc1. The predicted octanol–water partition coefficient (Wildman–Crippen LogP) is 5.32. The lowest BCUT2D eigenvalue weighted by atomic mass is 9.99. The molecule has 1 aromatic rings. The molecular formula is C20H33N2P. The second-order valence-electron chi connectivity index (χ2n) is 7.32. The molecule has 0 amide bonds. The smallest absolute Gasteiger partial charge is 0.0541 e. The molecule has 0 spiro atoms. The minimum atomic E-state index is 0.240. The molecule has 2 aliphatic carbocycles. The molecule has 2 nitrogen and oxygen atoms in total. The van der Waals surface area contributed by atoms with Gasteiger partial charge < -0.3 is 5.32 Å². The molecule has 0 atom stereocenters. The van der Waals surface area contributed by atoms with Crippen molar-refractivity contribution in [3.63, 3.8) is 0 Å². The van der Waals surface area contributed by atoms with Gasteiger partial charge in [-0.05, 0) is 61.8 Å². The van der Waals surface area contributed by atoms with Gasteiger partial charge in [0.1, 0.15) is 0 Å². The molecular weight excluding hydrogens is 299 g/mol. The summed E-state index contributed by atoms with van der Waals surface area (Å²) in [6.07, 6.45) is 18.4. The minimum absolute atomic E-state index is 0.240. The first-order chi connectivity index (χ1) is 11.4. The summed E-state index contributed by atoms with van der Waals surface area (Å²) in [4.78, 5) is 4.42. The van der Waals surface area contributed by atoms with Gasteiger partial charge in [-0.2, -0.15) is 0 Å². The van der Waals surface area contributed by atoms with E-state index in [1.807, 2.05) is 12.3 Å². The molecule has 128 valence electrons. The van der Waals surface area contributed by atoms with Crippen LogP contribution in [-0.4, -0.2) is 29.0 Å². The standard InChI is InChI=1S/C20H33N2P/c1-3-10-19(11-4-1)23(20-12-5-2-6-13-20)16-15-21-17-18-9-7-8-14-22-18/h7-9,14,19-21H,1-6,10-13,15-17H2. The van der Waals surface area contributed by atoms with Crippen LogP contribution in [0.5, 0.6) is 0 Å². The van der Waals surface area contributed by atoms with E-state index in [1.165, 1.54) is 82.6 Å². The molecule has 2 fully saturated rings. The second kappa shape index (κ2) is 9.74. The Morgan fingerprint density at radius 1 is 0.913 bits per heavy atom. The normalized spacial score (nSPS) is 20.9. The summed E-state index contributed by atoms with van der Waals surface area (Å²) in [6.45, 7) is 2.12. The lowest BCUT2D eigenvalue weighted by Gasteiger charge is -2.38. The fourth-order valence-electron chi connectivity index (χ4n) is 4.42. The van der Waals surface area contributed by atoms with Crippen LogP contribution in [0.1, 0.15) is 69.9 Å². The van der Waals surface area contributed by atoms with E-state index < -0.39 is 0 Å². The van der Waals surface area contributed by atoms with Gasteiger partial charge in [-0.1, -0.05) is 52.5 Å². The van der Waals surface area contributed by atoms with Gasteiger partial charge in [0.15, 0.2) is 0 Å². The summed E-state index contributed by atoms with van der Waals surface area (Å²) in [7, 11) is 0.240. The van der Waals surface area contributed by atoms with E-state index in [2.05, 4.69) is 22.4 Å². The van der Waals surface area contributed by atoms with E-state index in [0.717, 1.165) is 17.9 Å². The Morgan fingerprint density at radius 3 is 2.13 bits per heavy atom. The Labute approximate surface area is 143 Å². The van der Waals surface area contributed by atoms with E-state index in [9.17, 15) is 0 Å². The largest absolute Gasteiger partial charge is 0.311 e. The third-order valence-electron chi connectivity index (χ3n) is 5.67. The van der Waals surface area contributed by atoms with Crippen molar-refractivity contribution >= 4 is 7.92 Å². The van der Waals surface area contributed by atoms with E-state index in [4.69, 9.17) is 0 Å². The highest BCUT2D eigenvalue weighted by molar-refractivity contribution is 7.59. The Kier molecular flexibility index (Phi) is 7.36. The van der Waals surface area contributed by atoms with E-state index >= 15 is 0 Å². The third kappa shape index (κ3) is 5.54. The highest BCUT2D eigenvalue weighted by Crippen LogP contribution is 2.55. The maximum absolute atomic E-state index is 4.42. The van der Waals surface area contributed by atoms with Crippen molar-refractivity contribution in [1.29, 1.82) is 0 Å². The molecule has 0 aliphatic heterocycles. The lowest BCUT2D eigenvalue weighted by molar-refractivity contribution is 0.483. The van der Waals surface area contributed by atoms with Gasteiger partial charge in [-0.25, -0.2) is 0 Å². The van der Waals surface area contributed by atoms with Crippen molar-refractivity contribution in [3.05, 3.63) is 30.1 Å². The molecule has 0 bridgehead atoms. The van der Waals surface area contributed by atoms with Crippen molar-refractivity contribution in [2.24, 2.45) is 0 Å². The maximum atomic E-state index is 4.42. The highest BCUT2D eigenvalue weighted by Gasteiger charge is 2.30. The van der Waals surface area contributed by atoms with Crippen LogP contribution in [0.2, 0.25) is 0 Å². The van der Waals surface area contributed by atoms with Gasteiger partial charge in [0, 0.05) is 12.7 Å². The van der Waals surface area contributed by atoms with Crippen LogP contribution in [-0.2, 0) is 6.54 Å². The molecule has 0 saturated heterocycles. The summed E-state index contributed by atoms with van der Waals surface area (Å²) < 4.78 is 0. The molecule has 2 saturated carbocycles. The first-order valence-corrected chi connectivity index (χ1v) is 11.5. The number of pyridine rings is 1. The monoisotopic (exact) mass is 332 g/mol. The minimum Gasteiger partial charge on any atom is -0.311 e. The predicted molar refractivity (Wildman–Crippen MR) is 101 cm³/mol. The molecule has 1 N–H and O–H groups in total. The van der Waals surface area contributed by atoms with Crippen LogP contribution in [0.25, 0.3) is 0 Å². The summed E-state index contributed by atoms with van der Waals surface area (Å²) in [5.74, 6) is 0. The number of aromatic nitrogens is 1. The Balaban J connectivity index is 1.48. The van der Waals surface area contributed by atoms with Gasteiger partial charge >= 0.3 is 0 Å². The fourth-order valence-corrected chi connectivity index (χ4v) is 8.22. The number of nitrogens with zero attached hydrogens (tertiary/aromatic N) is 1. The number of hydrogen-bond donors (Lipinski definition) is 1.